The molecule has 2 amide bonds. The summed E-state index contributed by atoms with van der Waals surface area (Å²) in [7, 11) is 1.76. The van der Waals surface area contributed by atoms with E-state index in [-0.39, 0.29) is 31.1 Å². The van der Waals surface area contributed by atoms with E-state index in [9.17, 15) is 9.59 Å². The molecule has 0 radical (unpaired) electrons. The first kappa shape index (κ1) is 18.5. The summed E-state index contributed by atoms with van der Waals surface area (Å²) in [5.41, 5.74) is 1.51. The predicted octanol–water partition coefficient (Wildman–Crippen LogP) is 3.73. The summed E-state index contributed by atoms with van der Waals surface area (Å²) in [5.74, 6) is 1.46. The maximum atomic E-state index is 13.1. The monoisotopic (exact) mass is 406 g/mol. The van der Waals surface area contributed by atoms with Crippen LogP contribution in [0.25, 0.3) is 11.0 Å². The fourth-order valence-corrected chi connectivity index (χ4v) is 4.05. The zero-order valence-corrected chi connectivity index (χ0v) is 16.8. The first-order chi connectivity index (χ1) is 14.5. The second kappa shape index (κ2) is 7.09. The van der Waals surface area contributed by atoms with Crippen LogP contribution < -0.4 is 14.4 Å². The van der Waals surface area contributed by atoms with E-state index >= 15 is 0 Å². The summed E-state index contributed by atoms with van der Waals surface area (Å²) in [4.78, 5) is 29.1. The lowest BCUT2D eigenvalue weighted by molar-refractivity contribution is -0.136. The van der Waals surface area contributed by atoms with Crippen molar-refractivity contribution in [2.75, 3.05) is 25.3 Å². The highest BCUT2D eigenvalue weighted by molar-refractivity contribution is 6.00. The minimum atomic E-state index is -0.403. The van der Waals surface area contributed by atoms with Crippen molar-refractivity contribution in [3.05, 3.63) is 54.3 Å². The van der Waals surface area contributed by atoms with E-state index in [1.165, 1.54) is 0 Å². The molecule has 2 aliphatic heterocycles. The number of para-hydroxylation sites is 1. The van der Waals surface area contributed by atoms with Gasteiger partial charge >= 0.3 is 0 Å². The smallest absolute Gasteiger partial charge is 0.231 e. The number of anilines is 1. The van der Waals surface area contributed by atoms with Gasteiger partial charge in [-0.15, -0.1) is 0 Å². The average molecular weight is 406 g/mol. The fraction of sp³-hybridized carbons (Fsp3) is 0.304. The van der Waals surface area contributed by atoms with Crippen LogP contribution in [0.4, 0.5) is 5.69 Å². The Hall–Kier alpha value is -3.48. The molecule has 0 bridgehead atoms. The number of carbonyl (C=O) groups excluding carboxylic acids is 2. The van der Waals surface area contributed by atoms with E-state index in [4.69, 9.17) is 13.9 Å². The zero-order chi connectivity index (χ0) is 20.8. The topological polar surface area (TPSA) is 72.2 Å². The summed E-state index contributed by atoms with van der Waals surface area (Å²) in [5, 5.41) is 1.00. The Morgan fingerprint density at radius 3 is 2.77 bits per heavy atom. The highest BCUT2D eigenvalue weighted by Gasteiger charge is 2.38. The molecule has 1 saturated heterocycles. The maximum absolute atomic E-state index is 13.1. The summed E-state index contributed by atoms with van der Waals surface area (Å²) >= 11 is 0. The van der Waals surface area contributed by atoms with Crippen molar-refractivity contribution < 1.29 is 23.5 Å². The number of benzene rings is 2. The molecular formula is C23H22N2O5. The number of nitrogens with zero attached hydrogens (tertiary/aromatic N) is 2. The molecule has 2 aromatic carbocycles. The third-order valence-electron chi connectivity index (χ3n) is 5.93. The van der Waals surface area contributed by atoms with Crippen molar-refractivity contribution in [2.24, 2.45) is 5.92 Å². The molecule has 154 valence electrons. The minimum Gasteiger partial charge on any atom is -0.459 e. The molecule has 0 spiro atoms. The van der Waals surface area contributed by atoms with Crippen molar-refractivity contribution in [1.82, 2.24) is 4.90 Å². The van der Waals surface area contributed by atoms with Crippen LogP contribution in [-0.2, 0) is 9.59 Å². The lowest BCUT2D eigenvalue weighted by Crippen LogP contribution is -2.36. The van der Waals surface area contributed by atoms with Crippen molar-refractivity contribution in [1.29, 1.82) is 0 Å². The molecule has 2 unspecified atom stereocenters. The molecule has 1 fully saturated rings. The van der Waals surface area contributed by atoms with Gasteiger partial charge in [-0.25, -0.2) is 0 Å². The Labute approximate surface area is 173 Å². The van der Waals surface area contributed by atoms with Gasteiger partial charge in [-0.3, -0.25) is 9.59 Å². The first-order valence-corrected chi connectivity index (χ1v) is 9.96. The van der Waals surface area contributed by atoms with Crippen LogP contribution >= 0.6 is 0 Å². The van der Waals surface area contributed by atoms with Crippen LogP contribution in [0, 0.1) is 5.92 Å². The Morgan fingerprint density at radius 2 is 1.93 bits per heavy atom. The van der Waals surface area contributed by atoms with Crippen LogP contribution in [0.15, 0.2) is 52.9 Å². The van der Waals surface area contributed by atoms with Crippen molar-refractivity contribution in [3.8, 4) is 11.5 Å². The molecule has 2 aliphatic rings. The molecule has 7 nitrogen and oxygen atoms in total. The molecule has 3 heterocycles. The molecule has 0 saturated carbocycles. The maximum Gasteiger partial charge on any atom is 0.231 e. The van der Waals surface area contributed by atoms with Crippen LogP contribution in [0.2, 0.25) is 0 Å². The van der Waals surface area contributed by atoms with E-state index in [1.54, 1.807) is 29.0 Å². The third kappa shape index (κ3) is 3.07. The van der Waals surface area contributed by atoms with Crippen LogP contribution in [-0.4, -0.2) is 37.1 Å². The lowest BCUT2D eigenvalue weighted by atomic mass is 10.1. The summed E-state index contributed by atoms with van der Waals surface area (Å²) in [6.45, 7) is 2.45. The van der Waals surface area contributed by atoms with Gasteiger partial charge in [0.15, 0.2) is 11.5 Å². The molecule has 1 aromatic heterocycles. The number of rotatable bonds is 4. The Bertz CT molecular complexity index is 1100. The summed E-state index contributed by atoms with van der Waals surface area (Å²) in [6.07, 6.45) is 0.185. The first-order valence-electron chi connectivity index (χ1n) is 9.96. The van der Waals surface area contributed by atoms with E-state index in [2.05, 4.69) is 0 Å². The van der Waals surface area contributed by atoms with E-state index < -0.39 is 5.92 Å². The predicted molar refractivity (Wildman–Crippen MR) is 110 cm³/mol. The Morgan fingerprint density at radius 1 is 1.13 bits per heavy atom. The van der Waals surface area contributed by atoms with Gasteiger partial charge in [0.05, 0.1) is 12.0 Å². The normalized spacial score (nSPS) is 18.8. The highest BCUT2D eigenvalue weighted by Crippen LogP contribution is 2.37. The molecule has 30 heavy (non-hydrogen) atoms. The standard InChI is InChI=1S/C23H22N2O5/c1-14(20-9-15-5-3-4-6-18(15)30-20)24(2)23(27)16-10-22(26)25(12-16)17-7-8-19-21(11-17)29-13-28-19/h3-9,11,14,16H,10,12-13H2,1-2H3. The average Bonchev–Trinajstić information content (AvgIpc) is 3.48. The third-order valence-corrected chi connectivity index (χ3v) is 5.93. The molecule has 3 aromatic rings. The van der Waals surface area contributed by atoms with Crippen molar-refractivity contribution in [2.45, 2.75) is 19.4 Å². The number of hydrogen-bond donors (Lipinski definition) is 0. The van der Waals surface area contributed by atoms with Gasteiger partial charge in [0.25, 0.3) is 0 Å². The van der Waals surface area contributed by atoms with Gasteiger partial charge in [-0.2, -0.15) is 0 Å². The molecule has 7 heteroatoms. The Kier molecular flexibility index (Phi) is 4.38. The molecule has 0 N–H and O–H groups in total. The zero-order valence-electron chi connectivity index (χ0n) is 16.8. The van der Waals surface area contributed by atoms with Gasteiger partial charge < -0.3 is 23.7 Å². The second-order valence-corrected chi connectivity index (χ2v) is 7.75. The number of ether oxygens (including phenoxy) is 2. The highest BCUT2D eigenvalue weighted by atomic mass is 16.7. The number of amides is 2. The van der Waals surface area contributed by atoms with Crippen molar-refractivity contribution >= 4 is 28.5 Å². The number of hydrogen-bond acceptors (Lipinski definition) is 5. The van der Waals surface area contributed by atoms with Crippen molar-refractivity contribution in [3.63, 3.8) is 0 Å². The van der Waals surface area contributed by atoms with Crippen LogP contribution in [0.3, 0.4) is 0 Å². The van der Waals surface area contributed by atoms with Gasteiger partial charge in [0.2, 0.25) is 18.6 Å². The SMILES string of the molecule is CC(c1cc2ccccc2o1)N(C)C(=O)C1CC(=O)N(c2ccc3c(c2)OCO3)C1. The molecule has 5 rings (SSSR count). The number of fused-ring (bicyclic) bond motifs is 2. The minimum absolute atomic E-state index is 0.0699. The number of carbonyl (C=O) groups is 2. The molecule has 2 atom stereocenters. The summed E-state index contributed by atoms with van der Waals surface area (Å²) < 4.78 is 16.7. The van der Waals surface area contributed by atoms with Gasteiger partial charge in [0.1, 0.15) is 11.3 Å². The van der Waals surface area contributed by atoms with E-state index in [0.29, 0.717) is 23.7 Å². The largest absolute Gasteiger partial charge is 0.459 e. The number of furan rings is 1. The van der Waals surface area contributed by atoms with Gasteiger partial charge in [-0.05, 0) is 31.2 Å². The van der Waals surface area contributed by atoms with E-state index in [1.807, 2.05) is 43.3 Å². The van der Waals surface area contributed by atoms with Gasteiger partial charge in [0, 0.05) is 37.2 Å². The molecular weight excluding hydrogens is 384 g/mol. The Balaban J connectivity index is 1.31. The van der Waals surface area contributed by atoms with Gasteiger partial charge in [-0.1, -0.05) is 18.2 Å². The van der Waals surface area contributed by atoms with Crippen LogP contribution in [0.5, 0.6) is 11.5 Å². The van der Waals surface area contributed by atoms with Crippen LogP contribution in [0.1, 0.15) is 25.1 Å². The fourth-order valence-electron chi connectivity index (χ4n) is 4.05. The second-order valence-electron chi connectivity index (χ2n) is 7.75. The lowest BCUT2D eigenvalue weighted by Gasteiger charge is -2.26. The quantitative estimate of drug-likeness (QED) is 0.660. The summed E-state index contributed by atoms with van der Waals surface area (Å²) in [6, 6.07) is 14.9. The van der Waals surface area contributed by atoms with E-state index in [0.717, 1.165) is 16.7 Å². The molecule has 0 aliphatic carbocycles.